The molecule has 0 bridgehead atoms. The molecule has 0 aliphatic heterocycles. The second-order valence-corrected chi connectivity index (χ2v) is 9.29. The molecule has 0 unspecified atom stereocenters. The number of aromatic nitrogens is 4. The number of carbonyl (C=O) groups is 1. The van der Waals surface area contributed by atoms with Gasteiger partial charge in [0, 0.05) is 12.1 Å². The lowest BCUT2D eigenvalue weighted by atomic mass is 9.87. The number of nitrogens with zero attached hydrogens (tertiary/aromatic N) is 4. The molecule has 0 atom stereocenters. The molecule has 0 saturated carbocycles. The highest BCUT2D eigenvalue weighted by molar-refractivity contribution is 5.94. The fourth-order valence-electron chi connectivity index (χ4n) is 3.74. The maximum atomic E-state index is 12.9. The highest BCUT2D eigenvalue weighted by Gasteiger charge is 2.15. The number of aryl methyl sites for hydroxylation is 1. The summed E-state index contributed by atoms with van der Waals surface area (Å²) in [6, 6.07) is 15.6. The van der Waals surface area contributed by atoms with Crippen LogP contribution in [0.15, 0.2) is 65.8 Å². The minimum Gasteiger partial charge on any atom is -0.350 e. The fourth-order valence-corrected chi connectivity index (χ4v) is 3.74. The minimum atomic E-state index is -0.138. The second-order valence-electron chi connectivity index (χ2n) is 9.29. The van der Waals surface area contributed by atoms with Crippen LogP contribution in [0.25, 0.3) is 11.0 Å². The largest absolute Gasteiger partial charge is 0.350 e. The fraction of sp³-hybridized carbons (Fsp3) is 0.308. The first-order valence-electron chi connectivity index (χ1n) is 11.1. The van der Waals surface area contributed by atoms with Gasteiger partial charge in [-0.15, -0.1) is 0 Å². The van der Waals surface area contributed by atoms with Crippen LogP contribution < -0.4 is 10.9 Å². The predicted molar refractivity (Wildman–Crippen MR) is 130 cm³/mol. The third-order valence-electron chi connectivity index (χ3n) is 5.85. The first-order chi connectivity index (χ1) is 15.7. The van der Waals surface area contributed by atoms with Gasteiger partial charge in [0.15, 0.2) is 5.65 Å². The minimum absolute atomic E-state index is 0.0433. The van der Waals surface area contributed by atoms with Gasteiger partial charge in [-0.2, -0.15) is 5.10 Å². The first kappa shape index (κ1) is 22.5. The number of nitrogens with one attached hydrogen (secondary N) is 1. The molecule has 0 aliphatic carbocycles. The highest BCUT2D eigenvalue weighted by atomic mass is 16.1. The third-order valence-corrected chi connectivity index (χ3v) is 5.85. The third kappa shape index (κ3) is 4.87. The van der Waals surface area contributed by atoms with E-state index in [1.807, 2.05) is 55.5 Å². The van der Waals surface area contributed by atoms with E-state index < -0.39 is 0 Å². The SMILES string of the molecule is Cc1ccccc1Cn1cnc2c(cnn2CCNC(=O)c2ccc(C(C)(C)C)cc2)c1=O. The van der Waals surface area contributed by atoms with Crippen LogP contribution >= 0.6 is 0 Å². The molecule has 170 valence electrons. The van der Waals surface area contributed by atoms with Crippen LogP contribution in [0.4, 0.5) is 0 Å². The number of fused-ring (bicyclic) bond motifs is 1. The Labute approximate surface area is 193 Å². The molecule has 7 nitrogen and oxygen atoms in total. The summed E-state index contributed by atoms with van der Waals surface area (Å²) in [7, 11) is 0. The Bertz CT molecular complexity index is 1340. The van der Waals surface area contributed by atoms with Crippen molar-refractivity contribution < 1.29 is 4.79 Å². The molecule has 2 aromatic carbocycles. The van der Waals surface area contributed by atoms with Crippen LogP contribution in [0.2, 0.25) is 0 Å². The molecule has 1 N–H and O–H groups in total. The molecule has 0 saturated heterocycles. The lowest BCUT2D eigenvalue weighted by Crippen LogP contribution is -2.28. The van der Waals surface area contributed by atoms with Crippen LogP contribution in [-0.2, 0) is 18.5 Å². The Hall–Kier alpha value is -3.74. The standard InChI is InChI=1S/C26H29N5O2/c1-18-7-5-6-8-20(18)16-30-17-28-23-22(25(30)33)15-29-31(23)14-13-27-24(32)19-9-11-21(12-10-19)26(2,3)4/h5-12,15,17H,13-14,16H2,1-4H3,(H,27,32). The number of hydrogen-bond acceptors (Lipinski definition) is 4. The number of benzene rings is 2. The van der Waals surface area contributed by atoms with E-state index in [-0.39, 0.29) is 16.9 Å². The summed E-state index contributed by atoms with van der Waals surface area (Å²) in [5.74, 6) is -0.138. The van der Waals surface area contributed by atoms with Crippen molar-refractivity contribution in [1.82, 2.24) is 24.6 Å². The lowest BCUT2D eigenvalue weighted by molar-refractivity contribution is 0.0952. The molecule has 0 radical (unpaired) electrons. The van der Waals surface area contributed by atoms with Gasteiger partial charge in [-0.1, -0.05) is 57.2 Å². The first-order valence-corrected chi connectivity index (χ1v) is 11.1. The zero-order chi connectivity index (χ0) is 23.6. The lowest BCUT2D eigenvalue weighted by Gasteiger charge is -2.19. The van der Waals surface area contributed by atoms with Gasteiger partial charge in [-0.05, 0) is 41.2 Å². The molecular weight excluding hydrogens is 414 g/mol. The van der Waals surface area contributed by atoms with Crippen molar-refractivity contribution in [3.8, 4) is 0 Å². The van der Waals surface area contributed by atoms with E-state index in [1.54, 1.807) is 21.8 Å². The van der Waals surface area contributed by atoms with Crippen LogP contribution in [-0.4, -0.2) is 31.8 Å². The van der Waals surface area contributed by atoms with Gasteiger partial charge in [0.1, 0.15) is 11.7 Å². The van der Waals surface area contributed by atoms with Crippen molar-refractivity contribution in [2.45, 2.75) is 46.2 Å². The molecule has 2 heterocycles. The average Bonchev–Trinajstić information content (AvgIpc) is 3.20. The summed E-state index contributed by atoms with van der Waals surface area (Å²) in [5, 5.41) is 7.70. The Morgan fingerprint density at radius 1 is 1.06 bits per heavy atom. The number of amides is 1. The average molecular weight is 444 g/mol. The van der Waals surface area contributed by atoms with E-state index in [1.165, 1.54) is 5.56 Å². The number of hydrogen-bond donors (Lipinski definition) is 1. The summed E-state index contributed by atoms with van der Waals surface area (Å²) in [6.45, 7) is 9.71. The van der Waals surface area contributed by atoms with E-state index in [9.17, 15) is 9.59 Å². The smallest absolute Gasteiger partial charge is 0.264 e. The maximum Gasteiger partial charge on any atom is 0.264 e. The summed E-state index contributed by atoms with van der Waals surface area (Å²) >= 11 is 0. The molecule has 7 heteroatoms. The normalized spacial score (nSPS) is 11.6. The maximum absolute atomic E-state index is 12.9. The summed E-state index contributed by atoms with van der Waals surface area (Å²) < 4.78 is 3.25. The van der Waals surface area contributed by atoms with Gasteiger partial charge >= 0.3 is 0 Å². The van der Waals surface area contributed by atoms with Crippen LogP contribution in [0.1, 0.15) is 47.8 Å². The van der Waals surface area contributed by atoms with E-state index in [2.05, 4.69) is 36.2 Å². The Morgan fingerprint density at radius 2 is 1.79 bits per heavy atom. The van der Waals surface area contributed by atoms with Crippen molar-refractivity contribution >= 4 is 16.9 Å². The van der Waals surface area contributed by atoms with Gasteiger partial charge in [0.25, 0.3) is 11.5 Å². The molecule has 0 fully saturated rings. The Balaban J connectivity index is 1.42. The molecule has 4 aromatic rings. The molecule has 2 aromatic heterocycles. The van der Waals surface area contributed by atoms with Crippen molar-refractivity contribution in [1.29, 1.82) is 0 Å². The predicted octanol–water partition coefficient (Wildman–Crippen LogP) is 3.68. The van der Waals surface area contributed by atoms with Crippen LogP contribution in [0.5, 0.6) is 0 Å². The summed E-state index contributed by atoms with van der Waals surface area (Å²) in [6.07, 6.45) is 3.11. The number of rotatable bonds is 6. The summed E-state index contributed by atoms with van der Waals surface area (Å²) in [5.41, 5.74) is 4.44. The van der Waals surface area contributed by atoms with Gasteiger partial charge < -0.3 is 5.32 Å². The summed E-state index contributed by atoms with van der Waals surface area (Å²) in [4.78, 5) is 29.9. The van der Waals surface area contributed by atoms with Gasteiger partial charge in [0.2, 0.25) is 0 Å². The van der Waals surface area contributed by atoms with E-state index in [0.29, 0.717) is 36.2 Å². The van der Waals surface area contributed by atoms with Crippen molar-refractivity contribution in [2.24, 2.45) is 0 Å². The zero-order valence-corrected chi connectivity index (χ0v) is 19.5. The Morgan fingerprint density at radius 3 is 2.48 bits per heavy atom. The van der Waals surface area contributed by atoms with Crippen LogP contribution in [0.3, 0.4) is 0 Å². The number of carbonyl (C=O) groups excluding carboxylic acids is 1. The molecular formula is C26H29N5O2. The topological polar surface area (TPSA) is 81.8 Å². The quantitative estimate of drug-likeness (QED) is 0.493. The second kappa shape index (κ2) is 9.02. The van der Waals surface area contributed by atoms with Gasteiger partial charge in [-0.25, -0.2) is 9.67 Å². The van der Waals surface area contributed by atoms with Crippen molar-refractivity contribution in [3.05, 3.63) is 93.7 Å². The van der Waals surface area contributed by atoms with E-state index in [0.717, 1.165) is 11.1 Å². The highest BCUT2D eigenvalue weighted by Crippen LogP contribution is 2.22. The van der Waals surface area contributed by atoms with Crippen LogP contribution in [0, 0.1) is 6.92 Å². The van der Waals surface area contributed by atoms with E-state index in [4.69, 9.17) is 0 Å². The molecule has 1 amide bonds. The van der Waals surface area contributed by atoms with Crippen molar-refractivity contribution in [3.63, 3.8) is 0 Å². The van der Waals surface area contributed by atoms with Gasteiger partial charge in [0.05, 0.1) is 19.3 Å². The molecule has 0 aliphatic rings. The van der Waals surface area contributed by atoms with Gasteiger partial charge in [-0.3, -0.25) is 14.2 Å². The molecule has 0 spiro atoms. The zero-order valence-electron chi connectivity index (χ0n) is 19.5. The monoisotopic (exact) mass is 443 g/mol. The van der Waals surface area contributed by atoms with Crippen molar-refractivity contribution in [2.75, 3.05) is 6.54 Å². The van der Waals surface area contributed by atoms with E-state index >= 15 is 0 Å². The molecule has 4 rings (SSSR count). The Kier molecular flexibility index (Phi) is 6.14. The molecule has 33 heavy (non-hydrogen) atoms.